The number of carbonyl (C=O) groups is 1. The average Bonchev–Trinajstić information content (AvgIpc) is 2.45. The van der Waals surface area contributed by atoms with E-state index in [-0.39, 0.29) is 11.8 Å². The molecule has 0 radical (unpaired) electrons. The van der Waals surface area contributed by atoms with Crippen molar-refractivity contribution >= 4 is 23.1 Å². The quantitative estimate of drug-likeness (QED) is 0.786. The van der Waals surface area contributed by atoms with E-state index in [1.165, 1.54) is 0 Å². The van der Waals surface area contributed by atoms with Crippen molar-refractivity contribution in [3.63, 3.8) is 0 Å². The number of amides is 1. The van der Waals surface area contributed by atoms with E-state index in [1.807, 2.05) is 37.4 Å². The molecule has 0 heterocycles. The van der Waals surface area contributed by atoms with E-state index >= 15 is 0 Å². The Labute approximate surface area is 127 Å². The van der Waals surface area contributed by atoms with Crippen molar-refractivity contribution in [3.8, 4) is 0 Å². The molecule has 2 unspecified atom stereocenters. The molecule has 1 aromatic carbocycles. The van der Waals surface area contributed by atoms with Gasteiger partial charge < -0.3 is 10.6 Å². The Bertz CT molecular complexity index is 447. The Morgan fingerprint density at radius 1 is 1.35 bits per heavy atom. The molecule has 0 aromatic heterocycles. The van der Waals surface area contributed by atoms with Crippen LogP contribution >= 0.6 is 12.2 Å². The highest BCUT2D eigenvalue weighted by Crippen LogP contribution is 2.28. The summed E-state index contributed by atoms with van der Waals surface area (Å²) in [5.41, 5.74) is 6.59. The van der Waals surface area contributed by atoms with Crippen LogP contribution in [-0.2, 0) is 4.79 Å². The van der Waals surface area contributed by atoms with Gasteiger partial charge in [0, 0.05) is 20.0 Å². The van der Waals surface area contributed by atoms with Gasteiger partial charge in [-0.05, 0) is 11.5 Å². The average molecular weight is 292 g/mol. The van der Waals surface area contributed by atoms with E-state index < -0.39 is 0 Å². The third-order valence-electron chi connectivity index (χ3n) is 3.71. The van der Waals surface area contributed by atoms with Crippen molar-refractivity contribution < 1.29 is 4.79 Å². The number of nitrogens with zero attached hydrogens (tertiary/aromatic N) is 1. The molecular formula is C16H24N2OS. The van der Waals surface area contributed by atoms with Gasteiger partial charge in [0.15, 0.2) is 0 Å². The zero-order valence-corrected chi connectivity index (χ0v) is 13.3. The molecule has 0 aliphatic carbocycles. The van der Waals surface area contributed by atoms with E-state index in [4.69, 9.17) is 18.0 Å². The summed E-state index contributed by atoms with van der Waals surface area (Å²) in [4.78, 5) is 14.9. The first-order valence-corrected chi connectivity index (χ1v) is 7.46. The zero-order chi connectivity index (χ0) is 15.1. The van der Waals surface area contributed by atoms with E-state index in [9.17, 15) is 4.79 Å². The number of nitrogens with two attached hydrogens (primary N) is 1. The third kappa shape index (κ3) is 4.60. The number of hydrogen-bond donors (Lipinski definition) is 1. The molecule has 20 heavy (non-hydrogen) atoms. The Hall–Kier alpha value is -1.42. The molecule has 3 nitrogen and oxygen atoms in total. The third-order valence-corrected chi connectivity index (χ3v) is 3.91. The maximum atomic E-state index is 12.7. The van der Waals surface area contributed by atoms with Crippen LogP contribution in [0.5, 0.6) is 0 Å². The predicted octanol–water partition coefficient (Wildman–Crippen LogP) is 2.95. The number of rotatable bonds is 7. The summed E-state index contributed by atoms with van der Waals surface area (Å²) in [7, 11) is 1.82. The lowest BCUT2D eigenvalue weighted by Gasteiger charge is -2.28. The normalized spacial score (nSPS) is 13.6. The van der Waals surface area contributed by atoms with E-state index in [2.05, 4.69) is 13.8 Å². The minimum Gasteiger partial charge on any atom is -0.393 e. The number of carbonyl (C=O) groups excluding carboxylic acids is 1. The molecule has 1 amide bonds. The minimum atomic E-state index is -0.0995. The smallest absolute Gasteiger partial charge is 0.230 e. The van der Waals surface area contributed by atoms with Crippen molar-refractivity contribution in [1.82, 2.24) is 4.90 Å². The van der Waals surface area contributed by atoms with Gasteiger partial charge in [0.25, 0.3) is 0 Å². The molecule has 0 saturated carbocycles. The molecule has 110 valence electrons. The second kappa shape index (κ2) is 8.00. The number of likely N-dealkylation sites (N-methyl/N-ethyl adjacent to an activating group) is 1. The molecule has 0 aliphatic heterocycles. The van der Waals surface area contributed by atoms with Crippen LogP contribution in [-0.4, -0.2) is 29.4 Å². The van der Waals surface area contributed by atoms with Gasteiger partial charge in [-0.2, -0.15) is 0 Å². The fourth-order valence-electron chi connectivity index (χ4n) is 2.24. The molecule has 2 atom stereocenters. The SMILES string of the molecule is CCC(C)C(C(=O)N(C)CCC(N)=S)c1ccccc1. The molecule has 1 aromatic rings. The molecule has 0 fully saturated rings. The molecule has 0 bridgehead atoms. The maximum Gasteiger partial charge on any atom is 0.230 e. The topological polar surface area (TPSA) is 46.3 Å². The van der Waals surface area contributed by atoms with Gasteiger partial charge >= 0.3 is 0 Å². The van der Waals surface area contributed by atoms with Crippen LogP contribution in [0.3, 0.4) is 0 Å². The number of hydrogen-bond acceptors (Lipinski definition) is 2. The van der Waals surface area contributed by atoms with Crippen molar-refractivity contribution in [2.24, 2.45) is 11.7 Å². The van der Waals surface area contributed by atoms with Crippen LogP contribution in [0, 0.1) is 5.92 Å². The lowest BCUT2D eigenvalue weighted by Crippen LogP contribution is -2.36. The first-order valence-electron chi connectivity index (χ1n) is 7.05. The van der Waals surface area contributed by atoms with Gasteiger partial charge in [-0.25, -0.2) is 0 Å². The monoisotopic (exact) mass is 292 g/mol. The van der Waals surface area contributed by atoms with Crippen LogP contribution in [0.15, 0.2) is 30.3 Å². The number of thiocarbonyl (C=S) groups is 1. The van der Waals surface area contributed by atoms with Crippen LogP contribution in [0.2, 0.25) is 0 Å². The Balaban J connectivity index is 2.88. The fraction of sp³-hybridized carbons (Fsp3) is 0.500. The summed E-state index contributed by atoms with van der Waals surface area (Å²) in [5.74, 6) is 0.344. The second-order valence-electron chi connectivity index (χ2n) is 5.25. The summed E-state index contributed by atoms with van der Waals surface area (Å²) >= 11 is 4.87. The van der Waals surface area contributed by atoms with Gasteiger partial charge in [0.1, 0.15) is 0 Å². The molecule has 0 spiro atoms. The summed E-state index contributed by atoms with van der Waals surface area (Å²) < 4.78 is 0. The van der Waals surface area contributed by atoms with Crippen molar-refractivity contribution in [3.05, 3.63) is 35.9 Å². The Morgan fingerprint density at radius 3 is 2.45 bits per heavy atom. The predicted molar refractivity (Wildman–Crippen MR) is 87.7 cm³/mol. The van der Waals surface area contributed by atoms with Gasteiger partial charge in [0.2, 0.25) is 5.91 Å². The highest BCUT2D eigenvalue weighted by atomic mass is 32.1. The van der Waals surface area contributed by atoms with Gasteiger partial charge in [0.05, 0.1) is 10.9 Å². The first kappa shape index (κ1) is 16.6. The van der Waals surface area contributed by atoms with Crippen molar-refractivity contribution in [2.45, 2.75) is 32.6 Å². The van der Waals surface area contributed by atoms with E-state index in [1.54, 1.807) is 4.90 Å². The molecule has 2 N–H and O–H groups in total. The van der Waals surface area contributed by atoms with Gasteiger partial charge in [-0.1, -0.05) is 62.8 Å². The summed E-state index contributed by atoms with van der Waals surface area (Å²) in [6.45, 7) is 4.81. The summed E-state index contributed by atoms with van der Waals surface area (Å²) in [6, 6.07) is 9.98. The van der Waals surface area contributed by atoms with Crippen LogP contribution in [0.1, 0.15) is 38.2 Å². The highest BCUT2D eigenvalue weighted by Gasteiger charge is 2.28. The largest absolute Gasteiger partial charge is 0.393 e. The standard InChI is InChI=1S/C16H24N2OS/c1-4-12(2)15(13-8-6-5-7-9-13)16(19)18(3)11-10-14(17)20/h5-9,12,15H,4,10-11H2,1-3H3,(H2,17,20). The van der Waals surface area contributed by atoms with Gasteiger partial charge in [-0.3, -0.25) is 4.79 Å². The zero-order valence-electron chi connectivity index (χ0n) is 12.5. The molecule has 1 rings (SSSR count). The molecule has 0 saturated heterocycles. The minimum absolute atomic E-state index is 0.0995. The van der Waals surface area contributed by atoms with Crippen LogP contribution < -0.4 is 5.73 Å². The van der Waals surface area contributed by atoms with E-state index in [0.717, 1.165) is 12.0 Å². The van der Waals surface area contributed by atoms with Crippen LogP contribution in [0.4, 0.5) is 0 Å². The van der Waals surface area contributed by atoms with Crippen molar-refractivity contribution in [1.29, 1.82) is 0 Å². The summed E-state index contributed by atoms with van der Waals surface area (Å²) in [6.07, 6.45) is 1.54. The number of benzene rings is 1. The molecule has 4 heteroatoms. The fourth-order valence-corrected chi connectivity index (χ4v) is 2.33. The lowest BCUT2D eigenvalue weighted by atomic mass is 9.84. The molecular weight excluding hydrogens is 268 g/mol. The molecule has 0 aliphatic rings. The van der Waals surface area contributed by atoms with Gasteiger partial charge in [-0.15, -0.1) is 0 Å². The van der Waals surface area contributed by atoms with Crippen LogP contribution in [0.25, 0.3) is 0 Å². The van der Waals surface area contributed by atoms with Crippen molar-refractivity contribution in [2.75, 3.05) is 13.6 Å². The maximum absolute atomic E-state index is 12.7. The Kier molecular flexibility index (Phi) is 6.65. The first-order chi connectivity index (χ1) is 9.47. The summed E-state index contributed by atoms with van der Waals surface area (Å²) in [5, 5.41) is 0. The lowest BCUT2D eigenvalue weighted by molar-refractivity contribution is -0.132. The highest BCUT2D eigenvalue weighted by molar-refractivity contribution is 7.80. The second-order valence-corrected chi connectivity index (χ2v) is 5.77. The van der Waals surface area contributed by atoms with E-state index in [0.29, 0.717) is 23.9 Å². The Morgan fingerprint density at radius 2 is 1.95 bits per heavy atom.